The Morgan fingerprint density at radius 2 is 1.18 bits per heavy atom. The first kappa shape index (κ1) is 13.1. The average Bonchev–Trinajstić information content (AvgIpc) is 1.79. The molecule has 0 fully saturated rings. The van der Waals surface area contributed by atoms with Crippen LogP contribution in [0, 0.1) is 0 Å². The Labute approximate surface area is 75.1 Å². The molecule has 0 unspecified atom stereocenters. The topological polar surface area (TPSA) is 80.3 Å². The molecule has 0 aliphatic rings. The molecule has 0 saturated carbocycles. The van der Waals surface area contributed by atoms with Gasteiger partial charge in [-0.3, -0.25) is 0 Å². The largest absolute Gasteiger partial charge is 2.00 e. The molecule has 4 nitrogen and oxygen atoms in total. The van der Waals surface area contributed by atoms with E-state index in [1.54, 1.807) is 0 Å². The molecule has 11 heavy (non-hydrogen) atoms. The molecule has 0 aromatic rings. The van der Waals surface area contributed by atoms with E-state index in [9.17, 15) is 19.8 Å². The van der Waals surface area contributed by atoms with Gasteiger partial charge in [-0.15, -0.1) is 0 Å². The van der Waals surface area contributed by atoms with E-state index in [0.29, 0.717) is 12.8 Å². The maximum absolute atomic E-state index is 9.77. The summed E-state index contributed by atoms with van der Waals surface area (Å²) in [5, 5.41) is 19.5. The van der Waals surface area contributed by atoms with Gasteiger partial charge in [0.15, 0.2) is 0 Å². The summed E-state index contributed by atoms with van der Waals surface area (Å²) in [5.41, 5.74) is 0. The number of rotatable bonds is 5. The molecule has 0 N–H and O–H groups in total. The predicted molar refractivity (Wildman–Crippen MR) is 28.5 cm³/mol. The Balaban J connectivity index is 0. The summed E-state index contributed by atoms with van der Waals surface area (Å²) in [6.45, 7) is 0. The van der Waals surface area contributed by atoms with Crippen molar-refractivity contribution in [1.82, 2.24) is 0 Å². The Morgan fingerprint density at radius 3 is 1.36 bits per heavy atom. The summed E-state index contributed by atoms with van der Waals surface area (Å²) in [5.74, 6) is -2.28. The third-order valence-electron chi connectivity index (χ3n) is 1.01. The molecule has 0 amide bonds. The fourth-order valence-corrected chi connectivity index (χ4v) is 0.539. The van der Waals surface area contributed by atoms with Crippen LogP contribution in [0.1, 0.15) is 25.7 Å². The van der Waals surface area contributed by atoms with E-state index < -0.39 is 11.9 Å². The molecule has 0 saturated heterocycles. The number of unbranched alkanes of at least 4 members (excludes halogenated alkanes) is 1. The average molecular weight is 208 g/mol. The van der Waals surface area contributed by atoms with E-state index in [-0.39, 0.29) is 29.9 Å². The zero-order valence-corrected chi connectivity index (χ0v) is 6.70. The van der Waals surface area contributed by atoms with Crippen LogP contribution in [0.15, 0.2) is 0 Å². The molecule has 1 radical (unpaired) electrons. The molecule has 0 aromatic carbocycles. The van der Waals surface area contributed by atoms with Crippen LogP contribution in [-0.4, -0.2) is 11.9 Å². The standard InChI is InChI=1S/C6H10O4.Cu/c7-5(8)3-1-2-4-6(9)10;/h1-4H2,(H,7,8)(H,9,10);/q;+2/p-2. The van der Waals surface area contributed by atoms with Crippen LogP contribution in [-0.2, 0) is 26.7 Å². The first-order valence-corrected chi connectivity index (χ1v) is 3.02. The van der Waals surface area contributed by atoms with Crippen LogP contribution < -0.4 is 10.2 Å². The maximum Gasteiger partial charge on any atom is 2.00 e. The van der Waals surface area contributed by atoms with Crippen molar-refractivity contribution in [3.8, 4) is 0 Å². The van der Waals surface area contributed by atoms with Crippen molar-refractivity contribution in [3.63, 3.8) is 0 Å². The van der Waals surface area contributed by atoms with Gasteiger partial charge < -0.3 is 19.8 Å². The van der Waals surface area contributed by atoms with Crippen molar-refractivity contribution in [2.75, 3.05) is 0 Å². The molecule has 0 bridgehead atoms. The quantitative estimate of drug-likeness (QED) is 0.388. The van der Waals surface area contributed by atoms with Crippen LogP contribution in [0.5, 0.6) is 0 Å². The van der Waals surface area contributed by atoms with E-state index in [2.05, 4.69) is 0 Å². The van der Waals surface area contributed by atoms with Gasteiger partial charge in [0.05, 0.1) is 0 Å². The number of hydrogen-bond donors (Lipinski definition) is 0. The second-order valence-corrected chi connectivity index (χ2v) is 1.95. The van der Waals surface area contributed by atoms with E-state index in [1.807, 2.05) is 0 Å². The van der Waals surface area contributed by atoms with E-state index >= 15 is 0 Å². The van der Waals surface area contributed by atoms with Crippen LogP contribution in [0.3, 0.4) is 0 Å². The molecule has 5 heteroatoms. The molecule has 0 spiro atoms. The van der Waals surface area contributed by atoms with E-state index in [4.69, 9.17) is 0 Å². The van der Waals surface area contributed by atoms with Crippen molar-refractivity contribution in [2.45, 2.75) is 25.7 Å². The van der Waals surface area contributed by atoms with E-state index in [1.165, 1.54) is 0 Å². The molecule has 0 rings (SSSR count). The van der Waals surface area contributed by atoms with Gasteiger partial charge in [0.25, 0.3) is 0 Å². The Morgan fingerprint density at radius 1 is 0.909 bits per heavy atom. The maximum atomic E-state index is 9.77. The summed E-state index contributed by atoms with van der Waals surface area (Å²) in [4.78, 5) is 19.5. The molecule has 0 aromatic heterocycles. The van der Waals surface area contributed by atoms with Gasteiger partial charge in [0, 0.05) is 11.9 Å². The van der Waals surface area contributed by atoms with Crippen molar-refractivity contribution in [2.24, 2.45) is 0 Å². The SMILES string of the molecule is O=C([O-])CCCCC(=O)[O-].[Cu+2]. The van der Waals surface area contributed by atoms with Crippen LogP contribution in [0.4, 0.5) is 0 Å². The van der Waals surface area contributed by atoms with Gasteiger partial charge in [-0.05, 0) is 25.7 Å². The number of hydrogen-bond acceptors (Lipinski definition) is 4. The molecule has 0 heterocycles. The number of carboxylic acid groups (broad SMARTS) is 2. The summed E-state index contributed by atoms with van der Waals surface area (Å²) in [7, 11) is 0. The molecular weight excluding hydrogens is 200 g/mol. The molecule has 0 atom stereocenters. The summed E-state index contributed by atoms with van der Waals surface area (Å²) >= 11 is 0. The smallest absolute Gasteiger partial charge is 0.550 e. The third-order valence-corrected chi connectivity index (χ3v) is 1.01. The summed E-state index contributed by atoms with van der Waals surface area (Å²) in [6.07, 6.45) is 0.535. The zero-order chi connectivity index (χ0) is 7.98. The van der Waals surface area contributed by atoms with Crippen molar-refractivity contribution < 1.29 is 36.9 Å². The zero-order valence-electron chi connectivity index (χ0n) is 5.76. The molecule has 0 aliphatic heterocycles. The van der Waals surface area contributed by atoms with Crippen molar-refractivity contribution in [3.05, 3.63) is 0 Å². The van der Waals surface area contributed by atoms with Crippen LogP contribution in [0.25, 0.3) is 0 Å². The summed E-state index contributed by atoms with van der Waals surface area (Å²) in [6, 6.07) is 0. The third kappa shape index (κ3) is 12.6. The van der Waals surface area contributed by atoms with Gasteiger partial charge in [-0.25, -0.2) is 0 Å². The van der Waals surface area contributed by atoms with Gasteiger partial charge in [0.1, 0.15) is 0 Å². The monoisotopic (exact) mass is 207 g/mol. The normalized spacial score (nSPS) is 8.36. The van der Waals surface area contributed by atoms with Crippen molar-refractivity contribution in [1.29, 1.82) is 0 Å². The number of carbonyl (C=O) groups excluding carboxylic acids is 2. The minimum atomic E-state index is -1.14. The number of aliphatic carboxylic acids is 2. The predicted octanol–water partition coefficient (Wildman–Crippen LogP) is -1.96. The Kier molecular flexibility index (Phi) is 8.99. The molecule has 0 aliphatic carbocycles. The van der Waals surface area contributed by atoms with Gasteiger partial charge in [-0.1, -0.05) is 0 Å². The summed E-state index contributed by atoms with van der Waals surface area (Å²) < 4.78 is 0. The van der Waals surface area contributed by atoms with Gasteiger partial charge in [-0.2, -0.15) is 0 Å². The van der Waals surface area contributed by atoms with Gasteiger partial charge in [0.2, 0.25) is 0 Å². The Hall–Kier alpha value is -0.541. The number of carbonyl (C=O) groups is 2. The second kappa shape index (κ2) is 7.57. The van der Waals surface area contributed by atoms with Crippen LogP contribution >= 0.6 is 0 Å². The fraction of sp³-hybridized carbons (Fsp3) is 0.667. The minimum absolute atomic E-state index is 0. The first-order chi connectivity index (χ1) is 4.63. The van der Waals surface area contributed by atoms with Crippen molar-refractivity contribution >= 4 is 11.9 Å². The minimum Gasteiger partial charge on any atom is -0.550 e. The number of carboxylic acids is 2. The molecular formula is C6H8CuO4. The van der Waals surface area contributed by atoms with Crippen LogP contribution in [0.2, 0.25) is 0 Å². The second-order valence-electron chi connectivity index (χ2n) is 1.95. The first-order valence-electron chi connectivity index (χ1n) is 3.02. The van der Waals surface area contributed by atoms with E-state index in [0.717, 1.165) is 0 Å². The molecule has 67 valence electrons. The fourth-order valence-electron chi connectivity index (χ4n) is 0.539. The Bertz CT molecular complexity index is 119. The van der Waals surface area contributed by atoms with Gasteiger partial charge >= 0.3 is 17.1 Å².